The molecule has 2 amide bonds. The molecule has 184 valence electrons. The highest BCUT2D eigenvalue weighted by Gasteiger charge is 2.31. The summed E-state index contributed by atoms with van der Waals surface area (Å²) in [5.41, 5.74) is 1.83. The summed E-state index contributed by atoms with van der Waals surface area (Å²) >= 11 is 12.3. The summed E-state index contributed by atoms with van der Waals surface area (Å²) in [5, 5.41) is 3.71. The van der Waals surface area contributed by atoms with Gasteiger partial charge in [0.25, 0.3) is 0 Å². The van der Waals surface area contributed by atoms with Gasteiger partial charge in [0.15, 0.2) is 0 Å². The Bertz CT molecular complexity index is 1120. The van der Waals surface area contributed by atoms with E-state index in [-0.39, 0.29) is 35.4 Å². The van der Waals surface area contributed by atoms with Gasteiger partial charge in [-0.15, -0.1) is 0 Å². The van der Waals surface area contributed by atoms with Crippen molar-refractivity contribution in [3.05, 3.63) is 105 Å². The standard InChI is InChI=1S/C28H29Cl2FN2O2/c1-19(2)17-32-28(35)26(15-20-7-4-3-5-8-20)33(18-21-11-13-22(29)14-12-21)27(34)16-23-24(30)9-6-10-25(23)31/h3-14,19,26H,15-18H2,1-2H3,(H,32,35)/t26-/m1/s1. The van der Waals surface area contributed by atoms with Crippen LogP contribution in [0.3, 0.4) is 0 Å². The lowest BCUT2D eigenvalue weighted by atomic mass is 10.0. The topological polar surface area (TPSA) is 49.4 Å². The lowest BCUT2D eigenvalue weighted by Gasteiger charge is -2.32. The number of hydrogen-bond acceptors (Lipinski definition) is 2. The number of nitrogens with one attached hydrogen (secondary N) is 1. The summed E-state index contributed by atoms with van der Waals surface area (Å²) in [6.07, 6.45) is 0.0525. The minimum absolute atomic E-state index is 0.112. The van der Waals surface area contributed by atoms with E-state index in [0.717, 1.165) is 11.1 Å². The normalized spacial score (nSPS) is 11.8. The molecule has 3 aromatic carbocycles. The molecule has 0 spiro atoms. The Labute approximate surface area is 216 Å². The van der Waals surface area contributed by atoms with Crippen molar-refractivity contribution in [2.45, 2.75) is 39.3 Å². The molecular weight excluding hydrogens is 486 g/mol. The van der Waals surface area contributed by atoms with Gasteiger partial charge in [-0.3, -0.25) is 9.59 Å². The number of rotatable bonds is 10. The van der Waals surface area contributed by atoms with Crippen molar-refractivity contribution < 1.29 is 14.0 Å². The zero-order valence-electron chi connectivity index (χ0n) is 19.8. The van der Waals surface area contributed by atoms with Crippen molar-refractivity contribution in [2.75, 3.05) is 6.54 Å². The minimum atomic E-state index is -0.801. The fraction of sp³-hybridized carbons (Fsp3) is 0.286. The van der Waals surface area contributed by atoms with Crippen LogP contribution in [0.15, 0.2) is 72.8 Å². The number of carbonyl (C=O) groups excluding carboxylic acids is 2. The van der Waals surface area contributed by atoms with Crippen molar-refractivity contribution in [3.8, 4) is 0 Å². The summed E-state index contributed by atoms with van der Waals surface area (Å²) in [4.78, 5) is 28.6. The first-order valence-corrected chi connectivity index (χ1v) is 12.3. The molecule has 0 fully saturated rings. The zero-order valence-corrected chi connectivity index (χ0v) is 21.3. The largest absolute Gasteiger partial charge is 0.354 e. The second-order valence-corrected chi connectivity index (χ2v) is 9.71. The molecule has 1 N–H and O–H groups in total. The SMILES string of the molecule is CC(C)CNC(=O)[C@@H](Cc1ccccc1)N(Cc1ccc(Cl)cc1)C(=O)Cc1c(F)cccc1Cl. The van der Waals surface area contributed by atoms with Crippen molar-refractivity contribution in [1.29, 1.82) is 0 Å². The predicted molar refractivity (Wildman–Crippen MR) is 139 cm³/mol. The van der Waals surface area contributed by atoms with Gasteiger partial charge >= 0.3 is 0 Å². The molecule has 7 heteroatoms. The van der Waals surface area contributed by atoms with Gasteiger partial charge < -0.3 is 10.2 Å². The Morgan fingerprint density at radius 3 is 2.23 bits per heavy atom. The van der Waals surface area contributed by atoms with Crippen LogP contribution in [-0.4, -0.2) is 29.3 Å². The lowest BCUT2D eigenvalue weighted by molar-refractivity contribution is -0.140. The number of benzene rings is 3. The first kappa shape index (κ1) is 26.7. The van der Waals surface area contributed by atoms with Gasteiger partial charge in [0.05, 0.1) is 6.42 Å². The molecule has 0 aromatic heterocycles. The minimum Gasteiger partial charge on any atom is -0.354 e. The van der Waals surface area contributed by atoms with Gasteiger partial charge in [-0.25, -0.2) is 4.39 Å². The third-order valence-corrected chi connectivity index (χ3v) is 6.22. The van der Waals surface area contributed by atoms with E-state index in [4.69, 9.17) is 23.2 Å². The monoisotopic (exact) mass is 514 g/mol. The molecule has 0 heterocycles. The first-order valence-electron chi connectivity index (χ1n) is 11.5. The summed E-state index contributed by atoms with van der Waals surface area (Å²) in [7, 11) is 0. The van der Waals surface area contributed by atoms with Crippen molar-refractivity contribution in [1.82, 2.24) is 10.2 Å². The Balaban J connectivity index is 1.98. The Hall–Kier alpha value is -2.89. The summed E-state index contributed by atoms with van der Waals surface area (Å²) in [5.74, 6) is -0.966. The van der Waals surface area contributed by atoms with E-state index in [1.165, 1.54) is 17.0 Å². The van der Waals surface area contributed by atoms with Crippen LogP contribution >= 0.6 is 23.2 Å². The predicted octanol–water partition coefficient (Wildman–Crippen LogP) is 6.09. The van der Waals surface area contributed by atoms with Gasteiger partial charge in [-0.2, -0.15) is 0 Å². The van der Waals surface area contributed by atoms with Crippen molar-refractivity contribution in [2.24, 2.45) is 5.92 Å². The highest BCUT2D eigenvalue weighted by atomic mass is 35.5. The van der Waals surface area contributed by atoms with Crippen LogP contribution in [0, 0.1) is 11.7 Å². The molecule has 3 rings (SSSR count). The molecule has 0 aliphatic heterocycles. The van der Waals surface area contributed by atoms with Crippen LogP contribution in [0.4, 0.5) is 4.39 Å². The zero-order chi connectivity index (χ0) is 25.4. The van der Waals surface area contributed by atoms with Crippen molar-refractivity contribution in [3.63, 3.8) is 0 Å². The van der Waals surface area contributed by atoms with Crippen molar-refractivity contribution >= 4 is 35.0 Å². The maximum Gasteiger partial charge on any atom is 0.243 e. The van der Waals surface area contributed by atoms with Crippen LogP contribution in [0.2, 0.25) is 10.0 Å². The van der Waals surface area contributed by atoms with E-state index in [0.29, 0.717) is 18.0 Å². The van der Waals surface area contributed by atoms with E-state index in [2.05, 4.69) is 5.32 Å². The van der Waals surface area contributed by atoms with Gasteiger partial charge in [-0.05, 0) is 41.3 Å². The second kappa shape index (κ2) is 12.7. The molecular formula is C28H29Cl2FN2O2. The number of carbonyl (C=O) groups is 2. The summed E-state index contributed by atoms with van der Waals surface area (Å²) < 4.78 is 14.5. The van der Waals surface area contributed by atoms with E-state index in [1.807, 2.05) is 56.3 Å². The van der Waals surface area contributed by atoms with Crippen LogP contribution in [-0.2, 0) is 29.0 Å². The fourth-order valence-electron chi connectivity index (χ4n) is 3.72. The van der Waals surface area contributed by atoms with E-state index in [1.54, 1.807) is 18.2 Å². The molecule has 0 aliphatic carbocycles. The summed E-state index contributed by atoms with van der Waals surface area (Å²) in [6, 6.07) is 20.1. The average Bonchev–Trinajstić information content (AvgIpc) is 2.84. The smallest absolute Gasteiger partial charge is 0.243 e. The molecule has 4 nitrogen and oxygen atoms in total. The highest BCUT2D eigenvalue weighted by Crippen LogP contribution is 2.23. The molecule has 1 atom stereocenters. The maximum absolute atomic E-state index is 14.5. The van der Waals surface area contributed by atoms with Crippen LogP contribution in [0.5, 0.6) is 0 Å². The molecule has 0 bridgehead atoms. The number of nitrogens with zero attached hydrogens (tertiary/aromatic N) is 1. The Morgan fingerprint density at radius 1 is 0.914 bits per heavy atom. The summed E-state index contributed by atoms with van der Waals surface area (Å²) in [6.45, 7) is 4.65. The molecule has 0 aliphatic rings. The van der Waals surface area contributed by atoms with Crippen LogP contribution < -0.4 is 5.32 Å². The van der Waals surface area contributed by atoms with Gasteiger partial charge in [0.2, 0.25) is 11.8 Å². The van der Waals surface area contributed by atoms with Crippen LogP contribution in [0.1, 0.15) is 30.5 Å². The van der Waals surface area contributed by atoms with E-state index < -0.39 is 17.8 Å². The Kier molecular flexibility index (Phi) is 9.70. The molecule has 35 heavy (non-hydrogen) atoms. The Morgan fingerprint density at radius 2 is 1.60 bits per heavy atom. The third-order valence-electron chi connectivity index (χ3n) is 5.61. The maximum atomic E-state index is 14.5. The van der Waals surface area contributed by atoms with Crippen LogP contribution in [0.25, 0.3) is 0 Å². The van der Waals surface area contributed by atoms with E-state index >= 15 is 0 Å². The quantitative estimate of drug-likeness (QED) is 0.356. The highest BCUT2D eigenvalue weighted by molar-refractivity contribution is 6.31. The third kappa shape index (κ3) is 7.81. The molecule has 0 radical (unpaired) electrons. The van der Waals surface area contributed by atoms with Gasteiger partial charge in [0, 0.05) is 35.1 Å². The van der Waals surface area contributed by atoms with Gasteiger partial charge in [-0.1, -0.05) is 85.6 Å². The number of hydrogen-bond donors (Lipinski definition) is 1. The molecule has 0 saturated heterocycles. The molecule has 0 saturated carbocycles. The fourth-order valence-corrected chi connectivity index (χ4v) is 4.07. The molecule has 3 aromatic rings. The second-order valence-electron chi connectivity index (χ2n) is 8.87. The number of amides is 2. The molecule has 0 unspecified atom stereocenters. The number of halogens is 3. The average molecular weight is 515 g/mol. The van der Waals surface area contributed by atoms with Gasteiger partial charge in [0.1, 0.15) is 11.9 Å². The van der Waals surface area contributed by atoms with E-state index in [9.17, 15) is 14.0 Å². The first-order chi connectivity index (χ1) is 16.7. The lowest BCUT2D eigenvalue weighted by Crippen LogP contribution is -2.51.